The van der Waals surface area contributed by atoms with Crippen molar-refractivity contribution in [1.29, 1.82) is 0 Å². The molecule has 102 valence electrons. The van der Waals surface area contributed by atoms with E-state index in [1.807, 2.05) is 29.3 Å². The third kappa shape index (κ3) is 3.37. The van der Waals surface area contributed by atoms with E-state index in [-0.39, 0.29) is 16.7 Å². The molecule has 19 heavy (non-hydrogen) atoms. The number of anilines is 1. The van der Waals surface area contributed by atoms with E-state index in [1.165, 1.54) is 0 Å². The standard InChI is InChI=1S/C15H18ClFN2/c1-15(2,3)18-13-9-4-5-10-19(13)12-8-6-7-11(16)14(12)17/h4-10,13,18H,1-3H3. The first-order chi connectivity index (χ1) is 8.88. The molecule has 1 aromatic carbocycles. The van der Waals surface area contributed by atoms with E-state index in [0.29, 0.717) is 5.69 Å². The Morgan fingerprint density at radius 1 is 1.26 bits per heavy atom. The van der Waals surface area contributed by atoms with Gasteiger partial charge in [0, 0.05) is 11.7 Å². The highest BCUT2D eigenvalue weighted by molar-refractivity contribution is 6.31. The highest BCUT2D eigenvalue weighted by Crippen LogP contribution is 2.28. The minimum atomic E-state index is -0.398. The van der Waals surface area contributed by atoms with E-state index < -0.39 is 5.82 Å². The fourth-order valence-electron chi connectivity index (χ4n) is 1.98. The zero-order valence-electron chi connectivity index (χ0n) is 11.3. The van der Waals surface area contributed by atoms with Gasteiger partial charge in [0.05, 0.1) is 10.7 Å². The first-order valence-corrected chi connectivity index (χ1v) is 6.61. The fraction of sp³-hybridized carbons (Fsp3) is 0.333. The third-order valence-corrected chi connectivity index (χ3v) is 3.03. The molecule has 0 spiro atoms. The van der Waals surface area contributed by atoms with Crippen LogP contribution in [0.3, 0.4) is 0 Å². The van der Waals surface area contributed by atoms with Gasteiger partial charge in [-0.15, -0.1) is 0 Å². The van der Waals surface area contributed by atoms with Gasteiger partial charge < -0.3 is 4.90 Å². The van der Waals surface area contributed by atoms with Crippen molar-refractivity contribution in [3.05, 3.63) is 53.5 Å². The van der Waals surface area contributed by atoms with Gasteiger partial charge in [0.15, 0.2) is 5.82 Å². The highest BCUT2D eigenvalue weighted by Gasteiger charge is 2.24. The molecule has 1 aliphatic rings. The second-order valence-electron chi connectivity index (χ2n) is 5.55. The summed E-state index contributed by atoms with van der Waals surface area (Å²) < 4.78 is 14.1. The number of benzene rings is 1. The van der Waals surface area contributed by atoms with E-state index in [4.69, 9.17) is 11.6 Å². The molecule has 0 fully saturated rings. The van der Waals surface area contributed by atoms with Crippen molar-refractivity contribution in [3.8, 4) is 0 Å². The average molecular weight is 281 g/mol. The summed E-state index contributed by atoms with van der Waals surface area (Å²) in [6.07, 6.45) is 7.56. The molecule has 1 unspecified atom stereocenters. The molecule has 0 aliphatic carbocycles. The SMILES string of the molecule is CC(C)(C)NC1C=CC=CN1c1cccc(Cl)c1F. The quantitative estimate of drug-likeness (QED) is 0.878. The maximum atomic E-state index is 14.1. The van der Waals surface area contributed by atoms with Crippen LogP contribution in [0.4, 0.5) is 10.1 Å². The van der Waals surface area contributed by atoms with E-state index in [2.05, 4.69) is 26.1 Å². The summed E-state index contributed by atoms with van der Waals surface area (Å²) in [6, 6.07) is 5.03. The van der Waals surface area contributed by atoms with E-state index in [0.717, 1.165) is 0 Å². The summed E-state index contributed by atoms with van der Waals surface area (Å²) in [6.45, 7) is 6.23. The van der Waals surface area contributed by atoms with Crippen LogP contribution in [-0.2, 0) is 0 Å². The van der Waals surface area contributed by atoms with E-state index in [9.17, 15) is 4.39 Å². The summed E-state index contributed by atoms with van der Waals surface area (Å²) in [7, 11) is 0. The lowest BCUT2D eigenvalue weighted by molar-refractivity contribution is 0.390. The van der Waals surface area contributed by atoms with Crippen molar-refractivity contribution in [2.45, 2.75) is 32.5 Å². The first kappa shape index (κ1) is 14.1. The van der Waals surface area contributed by atoms with Crippen molar-refractivity contribution in [1.82, 2.24) is 5.32 Å². The Morgan fingerprint density at radius 2 is 2.00 bits per heavy atom. The third-order valence-electron chi connectivity index (χ3n) is 2.74. The second-order valence-corrected chi connectivity index (χ2v) is 5.95. The van der Waals surface area contributed by atoms with Crippen LogP contribution in [0.5, 0.6) is 0 Å². The predicted octanol–water partition coefficient (Wildman–Crippen LogP) is 4.08. The smallest absolute Gasteiger partial charge is 0.165 e. The summed E-state index contributed by atoms with van der Waals surface area (Å²) in [5.74, 6) is -0.398. The molecule has 0 amide bonds. The van der Waals surface area contributed by atoms with Crippen molar-refractivity contribution in [2.75, 3.05) is 4.90 Å². The Balaban J connectivity index is 2.33. The molecule has 0 saturated carbocycles. The minimum absolute atomic E-state index is 0.0759. The van der Waals surface area contributed by atoms with E-state index >= 15 is 0 Å². The van der Waals surface area contributed by atoms with Crippen LogP contribution in [0.1, 0.15) is 20.8 Å². The zero-order chi connectivity index (χ0) is 14.0. The van der Waals surface area contributed by atoms with Crippen LogP contribution in [0, 0.1) is 5.82 Å². The lowest BCUT2D eigenvalue weighted by Gasteiger charge is -2.36. The molecule has 1 N–H and O–H groups in total. The molecule has 0 saturated heterocycles. The van der Waals surface area contributed by atoms with Gasteiger partial charge >= 0.3 is 0 Å². The van der Waals surface area contributed by atoms with Crippen molar-refractivity contribution in [3.63, 3.8) is 0 Å². The maximum Gasteiger partial charge on any atom is 0.165 e. The summed E-state index contributed by atoms with van der Waals surface area (Å²) in [4.78, 5) is 1.84. The van der Waals surface area contributed by atoms with Gasteiger partial charge in [-0.25, -0.2) is 4.39 Å². The van der Waals surface area contributed by atoms with Gasteiger partial charge in [-0.05, 0) is 45.1 Å². The molecule has 0 bridgehead atoms. The monoisotopic (exact) mass is 280 g/mol. The Hall–Kier alpha value is -1.32. The van der Waals surface area contributed by atoms with Crippen LogP contribution in [0.25, 0.3) is 0 Å². The molecule has 1 atom stereocenters. The number of halogens is 2. The normalized spacial score (nSPS) is 19.0. The number of nitrogens with zero attached hydrogens (tertiary/aromatic N) is 1. The molecular weight excluding hydrogens is 263 g/mol. The number of rotatable bonds is 2. The van der Waals surface area contributed by atoms with Crippen LogP contribution < -0.4 is 10.2 Å². The van der Waals surface area contributed by atoms with Gasteiger partial charge in [0.1, 0.15) is 6.17 Å². The molecule has 2 nitrogen and oxygen atoms in total. The number of allylic oxidation sites excluding steroid dienone is 2. The minimum Gasteiger partial charge on any atom is -0.326 e. The molecule has 0 radical (unpaired) electrons. The van der Waals surface area contributed by atoms with Crippen LogP contribution >= 0.6 is 11.6 Å². The van der Waals surface area contributed by atoms with Gasteiger partial charge in [0.2, 0.25) is 0 Å². The lowest BCUT2D eigenvalue weighted by atomic mass is 10.1. The van der Waals surface area contributed by atoms with Crippen LogP contribution in [0.15, 0.2) is 42.6 Å². The lowest BCUT2D eigenvalue weighted by Crippen LogP contribution is -2.51. The first-order valence-electron chi connectivity index (χ1n) is 6.23. The Labute approximate surface area is 118 Å². The molecule has 2 rings (SSSR count). The Kier molecular flexibility index (Phi) is 3.97. The average Bonchev–Trinajstić information content (AvgIpc) is 2.32. The zero-order valence-corrected chi connectivity index (χ0v) is 12.1. The fourth-order valence-corrected chi connectivity index (χ4v) is 2.15. The molecular formula is C15H18ClFN2. The molecule has 0 aromatic heterocycles. The summed E-state index contributed by atoms with van der Waals surface area (Å²) >= 11 is 5.85. The van der Waals surface area contributed by atoms with Crippen molar-refractivity contribution in [2.24, 2.45) is 0 Å². The number of nitrogens with one attached hydrogen (secondary N) is 1. The topological polar surface area (TPSA) is 15.3 Å². The van der Waals surface area contributed by atoms with Gasteiger partial charge in [-0.3, -0.25) is 5.32 Å². The highest BCUT2D eigenvalue weighted by atomic mass is 35.5. The Bertz CT molecular complexity index is 517. The second kappa shape index (κ2) is 5.35. The van der Waals surface area contributed by atoms with Crippen molar-refractivity contribution < 1.29 is 4.39 Å². The molecule has 1 aromatic rings. The van der Waals surface area contributed by atoms with Crippen LogP contribution in [0.2, 0.25) is 5.02 Å². The van der Waals surface area contributed by atoms with Crippen LogP contribution in [-0.4, -0.2) is 11.7 Å². The molecule has 1 aliphatic heterocycles. The summed E-state index contributed by atoms with van der Waals surface area (Å²) in [5, 5.41) is 3.57. The number of hydrogen-bond acceptors (Lipinski definition) is 2. The van der Waals surface area contributed by atoms with Gasteiger partial charge in [-0.1, -0.05) is 23.7 Å². The Morgan fingerprint density at radius 3 is 2.68 bits per heavy atom. The largest absolute Gasteiger partial charge is 0.326 e. The predicted molar refractivity (Wildman–Crippen MR) is 78.8 cm³/mol. The molecule has 1 heterocycles. The maximum absolute atomic E-state index is 14.1. The van der Waals surface area contributed by atoms with E-state index in [1.54, 1.807) is 18.2 Å². The number of hydrogen-bond donors (Lipinski definition) is 1. The molecule has 4 heteroatoms. The van der Waals surface area contributed by atoms with Crippen molar-refractivity contribution >= 4 is 17.3 Å². The van der Waals surface area contributed by atoms with Gasteiger partial charge in [0.25, 0.3) is 0 Å². The van der Waals surface area contributed by atoms with Gasteiger partial charge in [-0.2, -0.15) is 0 Å². The summed E-state index contributed by atoms with van der Waals surface area (Å²) in [5.41, 5.74) is 0.392.